The molecule has 0 aromatic rings. The SMILES string of the molecule is CC(C)(C)OC(=O)C1CCCN1C(O)C(=O)NC1CCCCCCC1. The number of hydrogen-bond acceptors (Lipinski definition) is 5. The Morgan fingerprint density at radius 2 is 1.64 bits per heavy atom. The Morgan fingerprint density at radius 3 is 2.24 bits per heavy atom. The van der Waals surface area contributed by atoms with Crippen molar-refractivity contribution in [1.29, 1.82) is 0 Å². The maximum atomic E-state index is 12.5. The average molecular weight is 354 g/mol. The largest absolute Gasteiger partial charge is 0.459 e. The van der Waals surface area contributed by atoms with Crippen molar-refractivity contribution in [2.24, 2.45) is 0 Å². The summed E-state index contributed by atoms with van der Waals surface area (Å²) in [6, 6.07) is -0.415. The highest BCUT2D eigenvalue weighted by Gasteiger charge is 2.40. The first kappa shape index (κ1) is 20.2. The summed E-state index contributed by atoms with van der Waals surface area (Å²) in [7, 11) is 0. The molecular formula is C19H34N2O4. The maximum absolute atomic E-state index is 12.5. The summed E-state index contributed by atoms with van der Waals surface area (Å²) in [6.45, 7) is 6.00. The highest BCUT2D eigenvalue weighted by atomic mass is 16.6. The third-order valence-corrected chi connectivity index (χ3v) is 4.97. The molecule has 2 unspecified atom stereocenters. The Labute approximate surface area is 151 Å². The smallest absolute Gasteiger partial charge is 0.323 e. The topological polar surface area (TPSA) is 78.9 Å². The summed E-state index contributed by atoms with van der Waals surface area (Å²) < 4.78 is 5.44. The zero-order valence-corrected chi connectivity index (χ0v) is 15.9. The van der Waals surface area contributed by atoms with Gasteiger partial charge in [-0.25, -0.2) is 0 Å². The van der Waals surface area contributed by atoms with Crippen molar-refractivity contribution in [3.8, 4) is 0 Å². The molecule has 1 amide bonds. The van der Waals surface area contributed by atoms with Gasteiger partial charge in [0.1, 0.15) is 11.6 Å². The number of amides is 1. The van der Waals surface area contributed by atoms with Crippen LogP contribution < -0.4 is 5.32 Å². The van der Waals surface area contributed by atoms with Crippen LogP contribution in [0.15, 0.2) is 0 Å². The number of aliphatic hydroxyl groups is 1. The molecule has 2 aliphatic rings. The van der Waals surface area contributed by atoms with E-state index in [1.807, 2.05) is 20.8 Å². The van der Waals surface area contributed by atoms with Crippen LogP contribution in [-0.4, -0.2) is 52.3 Å². The van der Waals surface area contributed by atoms with Crippen LogP contribution in [0.3, 0.4) is 0 Å². The number of rotatable bonds is 4. The Balaban J connectivity index is 1.91. The third-order valence-electron chi connectivity index (χ3n) is 4.97. The van der Waals surface area contributed by atoms with E-state index in [4.69, 9.17) is 4.74 Å². The van der Waals surface area contributed by atoms with Crippen LogP contribution in [0.25, 0.3) is 0 Å². The fourth-order valence-electron chi connectivity index (χ4n) is 3.73. The van der Waals surface area contributed by atoms with Crippen LogP contribution >= 0.6 is 0 Å². The molecule has 6 nitrogen and oxygen atoms in total. The third kappa shape index (κ3) is 6.26. The van der Waals surface area contributed by atoms with Gasteiger partial charge in [0.25, 0.3) is 5.91 Å². The fraction of sp³-hybridized carbons (Fsp3) is 0.895. The van der Waals surface area contributed by atoms with Gasteiger partial charge in [0, 0.05) is 12.6 Å². The second-order valence-corrected chi connectivity index (χ2v) is 8.35. The molecule has 1 heterocycles. The van der Waals surface area contributed by atoms with Gasteiger partial charge in [-0.2, -0.15) is 0 Å². The summed E-state index contributed by atoms with van der Waals surface area (Å²) in [5, 5.41) is 13.5. The maximum Gasteiger partial charge on any atom is 0.323 e. The van der Waals surface area contributed by atoms with Gasteiger partial charge >= 0.3 is 5.97 Å². The van der Waals surface area contributed by atoms with E-state index >= 15 is 0 Å². The van der Waals surface area contributed by atoms with Gasteiger partial charge in [0.05, 0.1) is 0 Å². The lowest BCUT2D eigenvalue weighted by Gasteiger charge is -2.31. The number of esters is 1. The van der Waals surface area contributed by atoms with Gasteiger partial charge in [0.15, 0.2) is 6.23 Å². The minimum atomic E-state index is -1.29. The fourth-order valence-corrected chi connectivity index (χ4v) is 3.73. The number of ether oxygens (including phenoxy) is 1. The number of carbonyl (C=O) groups is 2. The molecule has 144 valence electrons. The summed E-state index contributed by atoms with van der Waals surface area (Å²) in [5.41, 5.74) is -0.572. The molecule has 1 aliphatic carbocycles. The van der Waals surface area contributed by atoms with E-state index in [2.05, 4.69) is 5.32 Å². The average Bonchev–Trinajstić information content (AvgIpc) is 2.96. The highest BCUT2D eigenvalue weighted by molar-refractivity contribution is 5.82. The lowest BCUT2D eigenvalue weighted by atomic mass is 9.96. The first-order valence-corrected chi connectivity index (χ1v) is 9.75. The molecule has 2 fully saturated rings. The van der Waals surface area contributed by atoms with E-state index in [9.17, 15) is 14.7 Å². The van der Waals surface area contributed by atoms with E-state index < -0.39 is 17.9 Å². The molecule has 0 aromatic heterocycles. The lowest BCUT2D eigenvalue weighted by Crippen LogP contribution is -2.53. The molecule has 0 aromatic carbocycles. The minimum Gasteiger partial charge on any atom is -0.459 e. The molecule has 1 saturated heterocycles. The number of nitrogens with zero attached hydrogens (tertiary/aromatic N) is 1. The van der Waals surface area contributed by atoms with Crippen molar-refractivity contribution in [3.05, 3.63) is 0 Å². The van der Waals surface area contributed by atoms with E-state index in [1.165, 1.54) is 19.3 Å². The van der Waals surface area contributed by atoms with Crippen molar-refractivity contribution < 1.29 is 19.4 Å². The number of hydrogen-bond donors (Lipinski definition) is 2. The monoisotopic (exact) mass is 354 g/mol. The van der Waals surface area contributed by atoms with Gasteiger partial charge < -0.3 is 15.2 Å². The first-order chi connectivity index (χ1) is 11.8. The zero-order chi connectivity index (χ0) is 18.4. The van der Waals surface area contributed by atoms with Crippen LogP contribution in [0.4, 0.5) is 0 Å². The molecule has 2 rings (SSSR count). The van der Waals surface area contributed by atoms with Crippen molar-refractivity contribution >= 4 is 11.9 Å². The van der Waals surface area contributed by atoms with Crippen molar-refractivity contribution in [2.45, 2.75) is 102 Å². The summed E-state index contributed by atoms with van der Waals surface area (Å²) in [4.78, 5) is 26.4. The van der Waals surface area contributed by atoms with Crippen LogP contribution in [0.5, 0.6) is 0 Å². The molecule has 0 bridgehead atoms. The second-order valence-electron chi connectivity index (χ2n) is 8.35. The van der Waals surface area contributed by atoms with E-state index in [1.54, 1.807) is 4.90 Å². The Kier molecular flexibility index (Phi) is 7.25. The molecule has 0 radical (unpaired) electrons. The Bertz CT molecular complexity index is 453. The Hall–Kier alpha value is -1.14. The van der Waals surface area contributed by atoms with Gasteiger partial charge in [-0.15, -0.1) is 0 Å². The van der Waals surface area contributed by atoms with Crippen molar-refractivity contribution in [3.63, 3.8) is 0 Å². The number of aliphatic hydroxyl groups excluding tert-OH is 1. The van der Waals surface area contributed by atoms with Crippen molar-refractivity contribution in [1.82, 2.24) is 10.2 Å². The van der Waals surface area contributed by atoms with Crippen LogP contribution in [-0.2, 0) is 14.3 Å². The standard InChI is InChI=1S/C19H34N2O4/c1-19(2,3)25-18(24)15-12-9-13-21(15)17(23)16(22)20-14-10-7-5-4-6-8-11-14/h14-15,17,23H,4-13H2,1-3H3,(H,20,22). The summed E-state index contributed by atoms with van der Waals surface area (Å²) >= 11 is 0. The Morgan fingerprint density at radius 1 is 1.04 bits per heavy atom. The van der Waals surface area contributed by atoms with E-state index in [0.717, 1.165) is 32.1 Å². The molecule has 6 heteroatoms. The molecule has 1 saturated carbocycles. The molecule has 25 heavy (non-hydrogen) atoms. The normalized spacial score (nSPS) is 25.0. The minimum absolute atomic E-state index is 0.130. The van der Waals surface area contributed by atoms with Gasteiger partial charge in [-0.05, 0) is 46.5 Å². The molecule has 0 spiro atoms. The van der Waals surface area contributed by atoms with Crippen LogP contribution in [0.2, 0.25) is 0 Å². The van der Waals surface area contributed by atoms with E-state index in [-0.39, 0.29) is 17.9 Å². The highest BCUT2D eigenvalue weighted by Crippen LogP contribution is 2.23. The number of likely N-dealkylation sites (tertiary alicyclic amines) is 1. The van der Waals surface area contributed by atoms with Crippen LogP contribution in [0.1, 0.15) is 78.6 Å². The van der Waals surface area contributed by atoms with Gasteiger partial charge in [-0.3, -0.25) is 14.5 Å². The van der Waals surface area contributed by atoms with Gasteiger partial charge in [0.2, 0.25) is 0 Å². The lowest BCUT2D eigenvalue weighted by molar-refractivity contribution is -0.166. The molecule has 1 aliphatic heterocycles. The number of nitrogens with one attached hydrogen (secondary N) is 1. The first-order valence-electron chi connectivity index (χ1n) is 9.75. The molecule has 2 N–H and O–H groups in total. The van der Waals surface area contributed by atoms with Crippen LogP contribution in [0, 0.1) is 0 Å². The quantitative estimate of drug-likeness (QED) is 0.758. The summed E-state index contributed by atoms with van der Waals surface area (Å²) in [5.74, 6) is -0.746. The zero-order valence-electron chi connectivity index (χ0n) is 15.9. The summed E-state index contributed by atoms with van der Waals surface area (Å²) in [6.07, 6.45) is 7.96. The molecule has 2 atom stereocenters. The predicted molar refractivity (Wildman–Crippen MR) is 95.8 cm³/mol. The van der Waals surface area contributed by atoms with E-state index in [0.29, 0.717) is 13.0 Å². The van der Waals surface area contributed by atoms with Gasteiger partial charge in [-0.1, -0.05) is 32.1 Å². The second kappa shape index (κ2) is 8.99. The predicted octanol–water partition coefficient (Wildman–Crippen LogP) is 2.34. The number of carbonyl (C=O) groups excluding carboxylic acids is 2. The van der Waals surface area contributed by atoms with Crippen molar-refractivity contribution in [2.75, 3.05) is 6.54 Å². The molecular weight excluding hydrogens is 320 g/mol.